The van der Waals surface area contributed by atoms with Crippen molar-refractivity contribution >= 4 is 20.1 Å². The smallest absolute Gasteiger partial charge is 0.303 e. The Bertz CT molecular complexity index is 615. The minimum absolute atomic E-state index is 0.0225. The van der Waals surface area contributed by atoms with Gasteiger partial charge in [0.1, 0.15) is 5.78 Å². The number of ketones is 1. The first-order valence-corrected chi connectivity index (χ1v) is 15.1. The van der Waals surface area contributed by atoms with Crippen molar-refractivity contribution < 1.29 is 19.1 Å². The van der Waals surface area contributed by atoms with Gasteiger partial charge in [-0.1, -0.05) is 71.3 Å². The minimum atomic E-state index is -1.96. The molecule has 1 saturated carbocycles. The van der Waals surface area contributed by atoms with Crippen LogP contribution in [0.3, 0.4) is 0 Å². The number of carboxylic acid groups (broad SMARTS) is 1. The largest absolute Gasteiger partial charge is 0.481 e. The molecular weight excluding hydrogens is 404 g/mol. The highest BCUT2D eigenvalue weighted by Gasteiger charge is 2.46. The van der Waals surface area contributed by atoms with Crippen LogP contribution >= 0.6 is 0 Å². The summed E-state index contributed by atoms with van der Waals surface area (Å²) in [7, 11) is -1.96. The van der Waals surface area contributed by atoms with Gasteiger partial charge in [0.2, 0.25) is 0 Å². The Balaban J connectivity index is 2.82. The molecular formula is C26H46O4Si. The molecule has 0 radical (unpaired) electrons. The third-order valence-corrected chi connectivity index (χ3v) is 11.4. The van der Waals surface area contributed by atoms with Crippen LogP contribution < -0.4 is 0 Å². The Hall–Kier alpha value is -1.20. The average Bonchev–Trinajstić information content (AvgIpc) is 2.93. The second kappa shape index (κ2) is 13.4. The number of aliphatic carboxylic acids is 1. The van der Waals surface area contributed by atoms with Crippen LogP contribution in [0.25, 0.3) is 0 Å². The van der Waals surface area contributed by atoms with Gasteiger partial charge in [0, 0.05) is 24.7 Å². The van der Waals surface area contributed by atoms with E-state index in [1.54, 1.807) is 0 Å². The number of rotatable bonds is 14. The Morgan fingerprint density at radius 1 is 1.10 bits per heavy atom. The molecule has 0 spiro atoms. The highest BCUT2D eigenvalue weighted by atomic mass is 28.4. The van der Waals surface area contributed by atoms with Crippen molar-refractivity contribution in [2.24, 2.45) is 11.8 Å². The predicted octanol–water partition coefficient (Wildman–Crippen LogP) is 7.31. The van der Waals surface area contributed by atoms with Crippen LogP contribution in [0.4, 0.5) is 0 Å². The van der Waals surface area contributed by atoms with Crippen LogP contribution in [0.5, 0.6) is 0 Å². The van der Waals surface area contributed by atoms with Crippen molar-refractivity contribution in [3.8, 4) is 0 Å². The highest BCUT2D eigenvalue weighted by molar-refractivity contribution is 6.74. The molecule has 0 aromatic carbocycles. The van der Waals surface area contributed by atoms with Crippen molar-refractivity contribution in [1.82, 2.24) is 0 Å². The van der Waals surface area contributed by atoms with E-state index in [4.69, 9.17) is 9.53 Å². The fourth-order valence-corrected chi connectivity index (χ4v) is 5.21. The lowest BCUT2D eigenvalue weighted by molar-refractivity contribution is -0.137. The molecule has 31 heavy (non-hydrogen) atoms. The molecule has 0 aromatic rings. The molecule has 1 aliphatic carbocycles. The van der Waals surface area contributed by atoms with Gasteiger partial charge in [-0.3, -0.25) is 9.59 Å². The van der Waals surface area contributed by atoms with Crippen molar-refractivity contribution in [3.63, 3.8) is 0 Å². The standard InChI is InChI=1S/C26H46O4Si/c1-7-8-9-10-11-15-18-22-21(17-14-12-13-16-19-25(28)29)23(27)20-24(22)30-31(5,6)26(2,3)4/h12,14-15,18,21-22,24H,7-11,13,16-17,19-20H2,1-6H3,(H,28,29)/b14-12-,18-15?/t21?,22-,24-/m1/s1. The van der Waals surface area contributed by atoms with E-state index in [0.717, 1.165) is 12.8 Å². The Morgan fingerprint density at radius 2 is 1.77 bits per heavy atom. The lowest BCUT2D eigenvalue weighted by Gasteiger charge is -2.39. The molecule has 0 saturated heterocycles. The van der Waals surface area contributed by atoms with E-state index >= 15 is 0 Å². The molecule has 0 amide bonds. The molecule has 1 N–H and O–H groups in total. The van der Waals surface area contributed by atoms with Crippen molar-refractivity contribution in [2.45, 2.75) is 116 Å². The summed E-state index contributed by atoms with van der Waals surface area (Å²) in [6.45, 7) is 13.5. The lowest BCUT2D eigenvalue weighted by Crippen LogP contribution is -2.45. The Morgan fingerprint density at radius 3 is 2.39 bits per heavy atom. The van der Waals surface area contributed by atoms with E-state index in [9.17, 15) is 9.59 Å². The zero-order valence-electron chi connectivity index (χ0n) is 20.8. The summed E-state index contributed by atoms with van der Waals surface area (Å²) in [6, 6.07) is 0. The lowest BCUT2D eigenvalue weighted by atomic mass is 9.90. The van der Waals surface area contributed by atoms with Gasteiger partial charge in [0.15, 0.2) is 8.32 Å². The van der Waals surface area contributed by atoms with Crippen LogP contribution in [0.2, 0.25) is 18.1 Å². The molecule has 0 aliphatic heterocycles. The summed E-state index contributed by atoms with van der Waals surface area (Å²) < 4.78 is 6.72. The maximum atomic E-state index is 12.9. The van der Waals surface area contributed by atoms with Crippen LogP contribution in [0, 0.1) is 11.8 Å². The maximum absolute atomic E-state index is 12.9. The number of carbonyl (C=O) groups excluding carboxylic acids is 1. The summed E-state index contributed by atoms with van der Waals surface area (Å²) in [6.07, 6.45) is 17.5. The van der Waals surface area contributed by atoms with Gasteiger partial charge < -0.3 is 9.53 Å². The van der Waals surface area contributed by atoms with Gasteiger partial charge in [-0.25, -0.2) is 0 Å². The number of unbranched alkanes of at least 4 members (excludes halogenated alkanes) is 5. The van der Waals surface area contributed by atoms with Gasteiger partial charge in [0.25, 0.3) is 0 Å². The molecule has 3 atom stereocenters. The summed E-state index contributed by atoms with van der Waals surface area (Å²) in [5.74, 6) is -0.345. The molecule has 0 bridgehead atoms. The third kappa shape index (κ3) is 9.86. The second-order valence-electron chi connectivity index (χ2n) is 10.5. The number of carboxylic acids is 1. The van der Waals surface area contributed by atoms with Crippen molar-refractivity contribution in [3.05, 3.63) is 24.3 Å². The first-order valence-electron chi connectivity index (χ1n) is 12.2. The molecule has 0 heterocycles. The maximum Gasteiger partial charge on any atom is 0.303 e. The SMILES string of the molecule is CCCCCCC=C[C@@H]1C(C/C=C\CCCC(=O)O)C(=O)C[C@H]1O[Si](C)(C)C(C)(C)C. The van der Waals surface area contributed by atoms with E-state index in [0.29, 0.717) is 25.0 Å². The van der Waals surface area contributed by atoms with E-state index in [1.165, 1.54) is 25.7 Å². The quantitative estimate of drug-likeness (QED) is 0.171. The van der Waals surface area contributed by atoms with Crippen LogP contribution in [-0.4, -0.2) is 31.3 Å². The van der Waals surface area contributed by atoms with Crippen LogP contribution in [0.1, 0.15) is 91.9 Å². The number of allylic oxidation sites excluding steroid dienone is 3. The molecule has 0 aromatic heterocycles. The third-order valence-electron chi connectivity index (χ3n) is 6.86. The van der Waals surface area contributed by atoms with Crippen LogP contribution in [0.15, 0.2) is 24.3 Å². The molecule has 1 rings (SSSR count). The summed E-state index contributed by atoms with van der Waals surface area (Å²) in [5.41, 5.74) is 0. The monoisotopic (exact) mass is 450 g/mol. The minimum Gasteiger partial charge on any atom is -0.481 e. The van der Waals surface area contributed by atoms with Crippen molar-refractivity contribution in [2.75, 3.05) is 0 Å². The van der Waals surface area contributed by atoms with Gasteiger partial charge in [-0.15, -0.1) is 0 Å². The zero-order valence-corrected chi connectivity index (χ0v) is 21.8. The van der Waals surface area contributed by atoms with E-state index in [1.807, 2.05) is 6.08 Å². The topological polar surface area (TPSA) is 63.6 Å². The van der Waals surface area contributed by atoms with Gasteiger partial charge in [-0.05, 0) is 50.2 Å². The molecule has 178 valence electrons. The van der Waals surface area contributed by atoms with E-state index in [2.05, 4.69) is 59.0 Å². The molecule has 1 fully saturated rings. The normalized spacial score (nSPS) is 22.8. The number of Topliss-reactive ketones (excluding diaryl/α,β-unsaturated/α-hetero) is 1. The van der Waals surface area contributed by atoms with Crippen LogP contribution in [-0.2, 0) is 14.0 Å². The first kappa shape index (κ1) is 27.8. The predicted molar refractivity (Wildman–Crippen MR) is 132 cm³/mol. The molecule has 1 unspecified atom stereocenters. The second-order valence-corrected chi connectivity index (χ2v) is 15.3. The molecule has 1 aliphatic rings. The summed E-state index contributed by atoms with van der Waals surface area (Å²) in [4.78, 5) is 23.5. The summed E-state index contributed by atoms with van der Waals surface area (Å²) in [5, 5.41) is 8.87. The number of hydrogen-bond donors (Lipinski definition) is 1. The summed E-state index contributed by atoms with van der Waals surface area (Å²) >= 11 is 0. The average molecular weight is 451 g/mol. The Kier molecular flexibility index (Phi) is 12.0. The number of carbonyl (C=O) groups is 2. The van der Waals surface area contributed by atoms with Gasteiger partial charge in [-0.2, -0.15) is 0 Å². The highest BCUT2D eigenvalue weighted by Crippen LogP contribution is 2.42. The molecule has 4 nitrogen and oxygen atoms in total. The van der Waals surface area contributed by atoms with E-state index in [-0.39, 0.29) is 29.4 Å². The van der Waals surface area contributed by atoms with Gasteiger partial charge in [0.05, 0.1) is 6.10 Å². The fourth-order valence-electron chi connectivity index (χ4n) is 3.86. The first-order chi connectivity index (χ1) is 14.5. The fraction of sp³-hybridized carbons (Fsp3) is 0.769. The molecule has 5 heteroatoms. The van der Waals surface area contributed by atoms with Gasteiger partial charge >= 0.3 is 5.97 Å². The zero-order chi connectivity index (χ0) is 23.5. The van der Waals surface area contributed by atoms with Crippen molar-refractivity contribution in [1.29, 1.82) is 0 Å². The number of hydrogen-bond acceptors (Lipinski definition) is 3. The van der Waals surface area contributed by atoms with E-state index < -0.39 is 14.3 Å². The Labute approximate surface area is 191 Å².